The largest absolute Gasteiger partial charge is 0.458 e. The van der Waals surface area contributed by atoms with Gasteiger partial charge in [0.2, 0.25) is 0 Å². The molecule has 3 atom stereocenters. The highest BCUT2D eigenvalue weighted by molar-refractivity contribution is 5.77. The van der Waals surface area contributed by atoms with Crippen LogP contribution in [-0.4, -0.2) is 30.1 Å². The van der Waals surface area contributed by atoms with Crippen LogP contribution in [0.5, 0.6) is 0 Å². The zero-order valence-electron chi connectivity index (χ0n) is 11.5. The summed E-state index contributed by atoms with van der Waals surface area (Å²) in [5.74, 6) is 2.33. The summed E-state index contributed by atoms with van der Waals surface area (Å²) < 4.78 is 5.70. The average Bonchev–Trinajstić information content (AvgIpc) is 2.92. The maximum absolute atomic E-state index is 10.3. The predicted molar refractivity (Wildman–Crippen MR) is 75.9 cm³/mol. The van der Waals surface area contributed by atoms with Gasteiger partial charge in [-0.2, -0.15) is 0 Å². The molecule has 2 aromatic rings. The number of aliphatic hydroxyl groups is 1. The van der Waals surface area contributed by atoms with E-state index in [9.17, 15) is 5.11 Å². The van der Waals surface area contributed by atoms with Gasteiger partial charge in [0.15, 0.2) is 0 Å². The first-order valence-corrected chi connectivity index (χ1v) is 6.98. The van der Waals surface area contributed by atoms with Crippen LogP contribution in [0.15, 0.2) is 34.7 Å². The highest BCUT2D eigenvalue weighted by Gasteiger charge is 2.33. The molecule has 3 rings (SSSR count). The smallest absolute Gasteiger partial charge is 0.135 e. The van der Waals surface area contributed by atoms with Crippen LogP contribution in [0.1, 0.15) is 25.2 Å². The summed E-state index contributed by atoms with van der Waals surface area (Å²) in [6, 6.07) is 9.80. The third kappa shape index (κ3) is 2.82. The molecule has 0 aliphatic heterocycles. The summed E-state index contributed by atoms with van der Waals surface area (Å²) in [7, 11) is 2.07. The molecule has 0 spiro atoms. The van der Waals surface area contributed by atoms with Crippen LogP contribution >= 0.6 is 0 Å². The van der Waals surface area contributed by atoms with Gasteiger partial charge in [-0.25, -0.2) is 0 Å². The van der Waals surface area contributed by atoms with Gasteiger partial charge in [0, 0.05) is 18.5 Å². The van der Waals surface area contributed by atoms with E-state index in [0.717, 1.165) is 29.3 Å². The normalized spacial score (nSPS) is 24.0. The van der Waals surface area contributed by atoms with E-state index < -0.39 is 6.10 Å². The Morgan fingerprint density at radius 2 is 2.16 bits per heavy atom. The Bertz CT molecular complexity index is 530. The minimum absolute atomic E-state index is 0.550. The second kappa shape index (κ2) is 4.99. The number of hydrogen-bond acceptors (Lipinski definition) is 3. The van der Waals surface area contributed by atoms with Crippen LogP contribution < -0.4 is 0 Å². The van der Waals surface area contributed by atoms with Gasteiger partial charge in [-0.05, 0) is 37.4 Å². The van der Waals surface area contributed by atoms with E-state index in [0.29, 0.717) is 12.3 Å². The fourth-order valence-electron chi connectivity index (χ4n) is 2.68. The zero-order valence-corrected chi connectivity index (χ0v) is 11.5. The first-order chi connectivity index (χ1) is 9.13. The van der Waals surface area contributed by atoms with E-state index in [-0.39, 0.29) is 0 Å². The van der Waals surface area contributed by atoms with E-state index in [1.807, 2.05) is 30.3 Å². The minimum Gasteiger partial charge on any atom is -0.458 e. The average molecular weight is 259 g/mol. The molecule has 102 valence electrons. The molecule has 3 nitrogen and oxygen atoms in total. The molecule has 0 amide bonds. The molecular weight excluding hydrogens is 238 g/mol. The van der Waals surface area contributed by atoms with Gasteiger partial charge >= 0.3 is 0 Å². The molecule has 1 heterocycles. The number of aliphatic hydroxyl groups excluding tert-OH is 1. The molecule has 1 aliphatic carbocycles. The Morgan fingerprint density at radius 3 is 2.84 bits per heavy atom. The molecule has 3 unspecified atom stereocenters. The zero-order chi connectivity index (χ0) is 13.4. The third-order valence-electron chi connectivity index (χ3n) is 4.08. The molecule has 1 saturated carbocycles. The lowest BCUT2D eigenvalue weighted by Crippen LogP contribution is -2.26. The van der Waals surface area contributed by atoms with Gasteiger partial charge in [-0.3, -0.25) is 0 Å². The van der Waals surface area contributed by atoms with Crippen LogP contribution in [0.25, 0.3) is 11.0 Å². The number of hydrogen-bond donors (Lipinski definition) is 1. The third-order valence-corrected chi connectivity index (χ3v) is 4.08. The monoisotopic (exact) mass is 259 g/mol. The quantitative estimate of drug-likeness (QED) is 0.896. The van der Waals surface area contributed by atoms with E-state index in [2.05, 4.69) is 18.9 Å². The van der Waals surface area contributed by atoms with Crippen LogP contribution in [0.2, 0.25) is 0 Å². The summed E-state index contributed by atoms with van der Waals surface area (Å²) in [6.07, 6.45) is 0.775. The summed E-state index contributed by atoms with van der Waals surface area (Å²) in [5.41, 5.74) is 0.843. The van der Waals surface area contributed by atoms with Gasteiger partial charge in [0.1, 0.15) is 17.4 Å². The van der Waals surface area contributed by atoms with Crippen molar-refractivity contribution in [2.45, 2.75) is 19.4 Å². The van der Waals surface area contributed by atoms with Crippen molar-refractivity contribution in [1.82, 2.24) is 4.90 Å². The number of rotatable bonds is 5. The number of nitrogens with zero attached hydrogens (tertiary/aromatic N) is 1. The number of para-hydroxylation sites is 1. The van der Waals surface area contributed by atoms with E-state index in [1.54, 1.807) is 0 Å². The van der Waals surface area contributed by atoms with Gasteiger partial charge in [0.05, 0.1) is 0 Å². The highest BCUT2D eigenvalue weighted by Crippen LogP contribution is 2.38. The summed E-state index contributed by atoms with van der Waals surface area (Å²) in [4.78, 5) is 2.20. The van der Waals surface area contributed by atoms with Gasteiger partial charge < -0.3 is 14.4 Å². The Hall–Kier alpha value is -1.32. The fraction of sp³-hybridized carbons (Fsp3) is 0.500. The SMILES string of the molecule is CC1CC1CN(C)CC(O)c1cc2ccccc2o1. The molecule has 1 aliphatic rings. The number of furan rings is 1. The predicted octanol–water partition coefficient (Wildman–Crippen LogP) is 3.05. The fourth-order valence-corrected chi connectivity index (χ4v) is 2.68. The number of fused-ring (bicyclic) bond motifs is 1. The molecule has 1 aromatic heterocycles. The summed E-state index contributed by atoms with van der Waals surface area (Å²) in [5, 5.41) is 11.3. The molecule has 0 radical (unpaired) electrons. The lowest BCUT2D eigenvalue weighted by atomic mass is 10.2. The van der Waals surface area contributed by atoms with Crippen LogP contribution in [-0.2, 0) is 0 Å². The van der Waals surface area contributed by atoms with Crippen molar-refractivity contribution in [3.05, 3.63) is 36.1 Å². The Balaban J connectivity index is 1.64. The number of benzene rings is 1. The van der Waals surface area contributed by atoms with E-state index in [4.69, 9.17) is 4.42 Å². The maximum Gasteiger partial charge on any atom is 0.135 e. The van der Waals surface area contributed by atoms with Crippen molar-refractivity contribution in [1.29, 1.82) is 0 Å². The summed E-state index contributed by atoms with van der Waals surface area (Å²) in [6.45, 7) is 3.98. The molecule has 0 bridgehead atoms. The van der Waals surface area contributed by atoms with Crippen LogP contribution in [0.4, 0.5) is 0 Å². The first-order valence-electron chi connectivity index (χ1n) is 6.98. The standard InChI is InChI=1S/C16H21NO2/c1-11-7-13(11)9-17(2)10-14(18)16-8-12-5-3-4-6-15(12)19-16/h3-6,8,11,13-14,18H,7,9-10H2,1-2H3. The molecular formula is C16H21NO2. The molecule has 1 N–H and O–H groups in total. The maximum atomic E-state index is 10.3. The second-order valence-electron chi connectivity index (χ2n) is 5.90. The molecule has 1 fully saturated rings. The second-order valence-corrected chi connectivity index (χ2v) is 5.90. The topological polar surface area (TPSA) is 36.6 Å². The van der Waals surface area contributed by atoms with Crippen LogP contribution in [0.3, 0.4) is 0 Å². The highest BCUT2D eigenvalue weighted by atomic mass is 16.4. The van der Waals surface area contributed by atoms with E-state index >= 15 is 0 Å². The van der Waals surface area contributed by atoms with Crippen molar-refractivity contribution < 1.29 is 9.52 Å². The Morgan fingerprint density at radius 1 is 1.42 bits per heavy atom. The van der Waals surface area contributed by atoms with Crippen LogP contribution in [0, 0.1) is 11.8 Å². The van der Waals surface area contributed by atoms with Crippen molar-refractivity contribution in [2.75, 3.05) is 20.1 Å². The van der Waals surface area contributed by atoms with E-state index in [1.165, 1.54) is 6.42 Å². The lowest BCUT2D eigenvalue weighted by molar-refractivity contribution is 0.105. The Labute approximate surface area is 113 Å². The summed E-state index contributed by atoms with van der Waals surface area (Å²) >= 11 is 0. The van der Waals surface area contributed by atoms with Crippen molar-refractivity contribution in [3.63, 3.8) is 0 Å². The molecule has 19 heavy (non-hydrogen) atoms. The van der Waals surface area contributed by atoms with Crippen molar-refractivity contribution >= 4 is 11.0 Å². The Kier molecular flexibility index (Phi) is 3.33. The van der Waals surface area contributed by atoms with Gasteiger partial charge in [0.25, 0.3) is 0 Å². The van der Waals surface area contributed by atoms with Gasteiger partial charge in [-0.15, -0.1) is 0 Å². The molecule has 3 heteroatoms. The van der Waals surface area contributed by atoms with Gasteiger partial charge in [-0.1, -0.05) is 25.1 Å². The lowest BCUT2D eigenvalue weighted by Gasteiger charge is -2.19. The van der Waals surface area contributed by atoms with Crippen molar-refractivity contribution in [3.8, 4) is 0 Å². The van der Waals surface area contributed by atoms with Crippen molar-refractivity contribution in [2.24, 2.45) is 11.8 Å². The molecule has 0 saturated heterocycles. The number of likely N-dealkylation sites (N-methyl/N-ethyl adjacent to an activating group) is 1. The minimum atomic E-state index is -0.550. The molecule has 1 aromatic carbocycles. The first kappa shape index (κ1) is 12.7.